The molecule has 2 aromatic carbocycles. The molecule has 0 aromatic heterocycles. The largest absolute Gasteiger partial charge is 0.484 e. The summed E-state index contributed by atoms with van der Waals surface area (Å²) in [6.45, 7) is 5.79. The molecule has 27 heavy (non-hydrogen) atoms. The number of para-hydroxylation sites is 1. The van der Waals surface area contributed by atoms with Crippen molar-refractivity contribution in [1.29, 1.82) is 0 Å². The van der Waals surface area contributed by atoms with E-state index in [-0.39, 0.29) is 24.3 Å². The highest BCUT2D eigenvalue weighted by molar-refractivity contribution is 5.97. The molecule has 0 radical (unpaired) electrons. The smallest absolute Gasteiger partial charge is 0.258 e. The van der Waals surface area contributed by atoms with Gasteiger partial charge in [0.15, 0.2) is 6.61 Å². The highest BCUT2D eigenvalue weighted by atomic mass is 16.5. The van der Waals surface area contributed by atoms with Gasteiger partial charge in [-0.2, -0.15) is 0 Å². The van der Waals surface area contributed by atoms with E-state index in [0.29, 0.717) is 5.75 Å². The number of hydrogen-bond donors (Lipinski definition) is 2. The summed E-state index contributed by atoms with van der Waals surface area (Å²) in [4.78, 5) is 24.8. The fraction of sp³-hybridized carbons (Fsp3) is 0.364. The topological polar surface area (TPSA) is 67.4 Å². The summed E-state index contributed by atoms with van der Waals surface area (Å²) in [5.41, 5.74) is 1.96. The molecule has 0 saturated carbocycles. The molecular weight excluding hydrogens is 340 g/mol. The molecule has 0 aliphatic carbocycles. The van der Waals surface area contributed by atoms with Crippen LogP contribution in [0.1, 0.15) is 32.8 Å². The van der Waals surface area contributed by atoms with Crippen LogP contribution in [0.15, 0.2) is 54.6 Å². The van der Waals surface area contributed by atoms with Gasteiger partial charge in [0.2, 0.25) is 5.91 Å². The van der Waals surface area contributed by atoms with Crippen LogP contribution in [-0.4, -0.2) is 24.5 Å². The first-order chi connectivity index (χ1) is 13.0. The van der Waals surface area contributed by atoms with Gasteiger partial charge in [-0.3, -0.25) is 9.59 Å². The average molecular weight is 368 g/mol. The lowest BCUT2D eigenvalue weighted by Gasteiger charge is -2.22. The molecule has 2 aromatic rings. The molecule has 0 aliphatic rings. The van der Waals surface area contributed by atoms with Crippen LogP contribution in [0, 0.1) is 5.92 Å². The Morgan fingerprint density at radius 1 is 1.00 bits per heavy atom. The molecule has 2 rings (SSSR count). The summed E-state index contributed by atoms with van der Waals surface area (Å²) < 4.78 is 5.44. The molecule has 0 heterocycles. The summed E-state index contributed by atoms with van der Waals surface area (Å²) in [5.74, 6) is 0.00251. The van der Waals surface area contributed by atoms with Crippen LogP contribution >= 0.6 is 0 Å². The van der Waals surface area contributed by atoms with Crippen molar-refractivity contribution in [1.82, 2.24) is 5.32 Å². The van der Waals surface area contributed by atoms with E-state index in [0.717, 1.165) is 18.5 Å². The van der Waals surface area contributed by atoms with Gasteiger partial charge in [-0.1, -0.05) is 57.5 Å². The molecule has 0 spiro atoms. The summed E-state index contributed by atoms with van der Waals surface area (Å²) >= 11 is 0. The van der Waals surface area contributed by atoms with Gasteiger partial charge in [-0.25, -0.2) is 0 Å². The number of carbonyl (C=O) groups excluding carboxylic acids is 2. The molecular formula is C22H28N2O3. The van der Waals surface area contributed by atoms with E-state index in [9.17, 15) is 9.59 Å². The van der Waals surface area contributed by atoms with Crippen molar-refractivity contribution < 1.29 is 14.3 Å². The van der Waals surface area contributed by atoms with Crippen LogP contribution < -0.4 is 15.4 Å². The van der Waals surface area contributed by atoms with Crippen molar-refractivity contribution in [2.75, 3.05) is 11.9 Å². The van der Waals surface area contributed by atoms with Crippen molar-refractivity contribution in [3.63, 3.8) is 0 Å². The number of hydrogen-bond acceptors (Lipinski definition) is 3. The fourth-order valence-electron chi connectivity index (χ4n) is 2.68. The average Bonchev–Trinajstić information content (AvgIpc) is 2.66. The maximum absolute atomic E-state index is 12.6. The Labute approximate surface area is 161 Å². The first kappa shape index (κ1) is 20.5. The molecule has 0 fully saturated rings. The predicted octanol–water partition coefficient (Wildman–Crippen LogP) is 3.80. The number of benzene rings is 2. The second-order valence-electron chi connectivity index (χ2n) is 6.83. The summed E-state index contributed by atoms with van der Waals surface area (Å²) in [5, 5.41) is 5.64. The van der Waals surface area contributed by atoms with Gasteiger partial charge in [0.05, 0.1) is 0 Å². The summed E-state index contributed by atoms with van der Waals surface area (Å²) in [6.07, 6.45) is 2.10. The highest BCUT2D eigenvalue weighted by Gasteiger charge is 2.24. The second kappa shape index (κ2) is 10.4. The molecule has 5 nitrogen and oxygen atoms in total. The number of rotatable bonds is 9. The third kappa shape index (κ3) is 6.77. The zero-order valence-electron chi connectivity index (χ0n) is 16.2. The third-order valence-electron chi connectivity index (χ3n) is 4.14. The zero-order chi connectivity index (χ0) is 19.6. The first-order valence-electron chi connectivity index (χ1n) is 9.36. The number of aryl methyl sites for hydroxylation is 1. The molecule has 144 valence electrons. The van der Waals surface area contributed by atoms with E-state index in [1.807, 2.05) is 56.3 Å². The molecule has 2 N–H and O–H groups in total. The normalized spacial score (nSPS) is 11.7. The quantitative estimate of drug-likeness (QED) is 0.707. The Morgan fingerprint density at radius 2 is 1.67 bits per heavy atom. The Balaban J connectivity index is 1.90. The summed E-state index contributed by atoms with van der Waals surface area (Å²) in [6, 6.07) is 16.3. The first-order valence-corrected chi connectivity index (χ1v) is 9.36. The summed E-state index contributed by atoms with van der Waals surface area (Å²) in [7, 11) is 0. The predicted molar refractivity (Wildman–Crippen MR) is 108 cm³/mol. The van der Waals surface area contributed by atoms with Crippen LogP contribution in [0.5, 0.6) is 5.75 Å². The zero-order valence-corrected chi connectivity index (χ0v) is 16.2. The van der Waals surface area contributed by atoms with Crippen LogP contribution in [0.2, 0.25) is 0 Å². The van der Waals surface area contributed by atoms with Crippen LogP contribution in [0.25, 0.3) is 0 Å². The monoisotopic (exact) mass is 368 g/mol. The third-order valence-corrected chi connectivity index (χ3v) is 4.14. The molecule has 2 amide bonds. The Kier molecular flexibility index (Phi) is 7.86. The van der Waals surface area contributed by atoms with E-state index in [4.69, 9.17) is 4.74 Å². The van der Waals surface area contributed by atoms with Gasteiger partial charge in [-0.15, -0.1) is 0 Å². The Bertz CT molecular complexity index is 727. The van der Waals surface area contributed by atoms with Gasteiger partial charge in [0.25, 0.3) is 5.91 Å². The van der Waals surface area contributed by atoms with E-state index in [2.05, 4.69) is 17.6 Å². The molecule has 0 saturated heterocycles. The maximum atomic E-state index is 12.6. The van der Waals surface area contributed by atoms with Gasteiger partial charge < -0.3 is 15.4 Å². The number of ether oxygens (including phenoxy) is 1. The minimum Gasteiger partial charge on any atom is -0.484 e. The van der Waals surface area contributed by atoms with Gasteiger partial charge in [-0.05, 0) is 42.2 Å². The van der Waals surface area contributed by atoms with E-state index in [1.165, 1.54) is 5.56 Å². The second-order valence-corrected chi connectivity index (χ2v) is 6.83. The van der Waals surface area contributed by atoms with E-state index >= 15 is 0 Å². The minimum absolute atomic E-state index is 0.0509. The van der Waals surface area contributed by atoms with Crippen LogP contribution in [0.3, 0.4) is 0 Å². The Morgan fingerprint density at radius 3 is 2.26 bits per heavy atom. The van der Waals surface area contributed by atoms with Gasteiger partial charge in [0, 0.05) is 5.69 Å². The van der Waals surface area contributed by atoms with Crippen molar-refractivity contribution in [2.45, 2.75) is 39.7 Å². The number of anilines is 1. The van der Waals surface area contributed by atoms with Crippen LogP contribution in [0.4, 0.5) is 5.69 Å². The SMILES string of the molecule is CCCc1ccc(NC(=O)[C@H](NC(=O)COc2ccccc2)C(C)C)cc1. The molecule has 0 unspecified atom stereocenters. The van der Waals surface area contributed by atoms with Crippen molar-refractivity contribution in [2.24, 2.45) is 5.92 Å². The Hall–Kier alpha value is -2.82. The number of carbonyl (C=O) groups is 2. The maximum Gasteiger partial charge on any atom is 0.258 e. The lowest BCUT2D eigenvalue weighted by Crippen LogP contribution is -2.48. The molecule has 0 aliphatic heterocycles. The lowest BCUT2D eigenvalue weighted by atomic mass is 10.0. The molecule has 1 atom stereocenters. The number of nitrogens with one attached hydrogen (secondary N) is 2. The van der Waals surface area contributed by atoms with Gasteiger partial charge >= 0.3 is 0 Å². The van der Waals surface area contributed by atoms with Crippen molar-refractivity contribution >= 4 is 17.5 Å². The minimum atomic E-state index is -0.632. The van der Waals surface area contributed by atoms with E-state index in [1.54, 1.807) is 12.1 Å². The molecule has 0 bridgehead atoms. The molecule has 5 heteroatoms. The van der Waals surface area contributed by atoms with Crippen LogP contribution in [-0.2, 0) is 16.0 Å². The van der Waals surface area contributed by atoms with Gasteiger partial charge in [0.1, 0.15) is 11.8 Å². The van der Waals surface area contributed by atoms with Crippen molar-refractivity contribution in [3.05, 3.63) is 60.2 Å². The standard InChI is InChI=1S/C22H28N2O3/c1-4-8-17-11-13-18(14-12-17)23-22(26)21(16(2)3)24-20(25)15-27-19-9-6-5-7-10-19/h5-7,9-14,16,21H,4,8,15H2,1-3H3,(H,23,26)(H,24,25)/t21-/m1/s1. The van der Waals surface area contributed by atoms with E-state index < -0.39 is 6.04 Å². The lowest BCUT2D eigenvalue weighted by molar-refractivity contribution is -0.128. The van der Waals surface area contributed by atoms with Crippen molar-refractivity contribution in [3.8, 4) is 5.75 Å². The highest BCUT2D eigenvalue weighted by Crippen LogP contribution is 2.13. The fourth-order valence-corrected chi connectivity index (χ4v) is 2.68. The number of amides is 2.